The molecule has 0 saturated carbocycles. The Balaban J connectivity index is 2.35. The number of ether oxygens (including phenoxy) is 1. The molecule has 0 aliphatic carbocycles. The molecule has 1 atom stereocenters. The maximum atomic E-state index is 14.1. The lowest BCUT2D eigenvalue weighted by atomic mass is 9.98. The van der Waals surface area contributed by atoms with Gasteiger partial charge in [0.2, 0.25) is 0 Å². The molecule has 0 heterocycles. The van der Waals surface area contributed by atoms with Gasteiger partial charge < -0.3 is 10.1 Å². The van der Waals surface area contributed by atoms with Gasteiger partial charge in [-0.05, 0) is 49.4 Å². The van der Waals surface area contributed by atoms with E-state index in [1.54, 1.807) is 6.07 Å². The number of rotatable bonds is 6. The summed E-state index contributed by atoms with van der Waals surface area (Å²) in [7, 11) is 0. The van der Waals surface area contributed by atoms with Gasteiger partial charge in [-0.15, -0.1) is 0 Å². The lowest BCUT2D eigenvalue weighted by Gasteiger charge is -2.20. The molecule has 21 heavy (non-hydrogen) atoms. The third-order valence-electron chi connectivity index (χ3n) is 3.20. The number of benzene rings is 2. The molecule has 2 rings (SSSR count). The van der Waals surface area contributed by atoms with Crippen molar-refractivity contribution in [2.75, 3.05) is 13.2 Å². The van der Waals surface area contributed by atoms with Crippen LogP contribution >= 0.6 is 15.9 Å². The first-order chi connectivity index (χ1) is 10.2. The van der Waals surface area contributed by atoms with Crippen LogP contribution in [-0.2, 0) is 0 Å². The zero-order chi connectivity index (χ0) is 15.2. The molecule has 0 amide bonds. The Morgan fingerprint density at radius 2 is 1.86 bits per heavy atom. The predicted molar refractivity (Wildman–Crippen MR) is 87.2 cm³/mol. The van der Waals surface area contributed by atoms with Crippen molar-refractivity contribution in [2.24, 2.45) is 0 Å². The summed E-state index contributed by atoms with van der Waals surface area (Å²) in [5, 5.41) is 3.33. The number of halogens is 2. The third-order valence-corrected chi connectivity index (χ3v) is 3.69. The Bertz CT molecular complexity index is 586. The summed E-state index contributed by atoms with van der Waals surface area (Å²) < 4.78 is 20.5. The van der Waals surface area contributed by atoms with Crippen LogP contribution < -0.4 is 10.1 Å². The average molecular weight is 352 g/mol. The van der Waals surface area contributed by atoms with Gasteiger partial charge in [-0.25, -0.2) is 4.39 Å². The molecule has 0 aliphatic heterocycles. The van der Waals surface area contributed by atoms with Gasteiger partial charge in [0.1, 0.15) is 11.6 Å². The van der Waals surface area contributed by atoms with Crippen LogP contribution in [0.15, 0.2) is 46.9 Å². The van der Waals surface area contributed by atoms with E-state index in [-0.39, 0.29) is 11.9 Å². The van der Waals surface area contributed by atoms with Gasteiger partial charge in [0.05, 0.1) is 12.6 Å². The first kappa shape index (κ1) is 16.0. The molecule has 2 nitrogen and oxygen atoms in total. The zero-order valence-corrected chi connectivity index (χ0v) is 13.8. The van der Waals surface area contributed by atoms with Gasteiger partial charge in [0.25, 0.3) is 0 Å². The first-order valence-electron chi connectivity index (χ1n) is 7.06. The second-order valence-corrected chi connectivity index (χ2v) is 5.57. The molecule has 4 heteroatoms. The molecule has 1 N–H and O–H groups in total. The van der Waals surface area contributed by atoms with Crippen LogP contribution in [-0.4, -0.2) is 13.2 Å². The summed E-state index contributed by atoms with van der Waals surface area (Å²) in [5.74, 6) is 0.615. The van der Waals surface area contributed by atoms with Gasteiger partial charge in [-0.1, -0.05) is 35.0 Å². The quantitative estimate of drug-likeness (QED) is 0.815. The van der Waals surface area contributed by atoms with Crippen molar-refractivity contribution in [3.05, 3.63) is 63.9 Å². The van der Waals surface area contributed by atoms with Crippen molar-refractivity contribution in [2.45, 2.75) is 19.9 Å². The van der Waals surface area contributed by atoms with E-state index in [2.05, 4.69) is 21.2 Å². The van der Waals surface area contributed by atoms with E-state index in [1.807, 2.05) is 44.2 Å². The van der Waals surface area contributed by atoms with Crippen molar-refractivity contribution >= 4 is 15.9 Å². The maximum Gasteiger partial charge on any atom is 0.128 e. The summed E-state index contributed by atoms with van der Waals surface area (Å²) in [4.78, 5) is 0. The Morgan fingerprint density at radius 3 is 2.48 bits per heavy atom. The van der Waals surface area contributed by atoms with Gasteiger partial charge in [0, 0.05) is 10.0 Å². The highest BCUT2D eigenvalue weighted by atomic mass is 79.9. The van der Waals surface area contributed by atoms with E-state index in [1.165, 1.54) is 6.07 Å². The fourth-order valence-corrected chi connectivity index (χ4v) is 2.65. The van der Waals surface area contributed by atoms with Crippen LogP contribution in [0.3, 0.4) is 0 Å². The largest absolute Gasteiger partial charge is 0.494 e. The van der Waals surface area contributed by atoms with Crippen molar-refractivity contribution < 1.29 is 9.13 Å². The topological polar surface area (TPSA) is 21.3 Å². The van der Waals surface area contributed by atoms with Crippen molar-refractivity contribution in [1.29, 1.82) is 0 Å². The van der Waals surface area contributed by atoms with Crippen LogP contribution in [0.1, 0.15) is 31.0 Å². The SMILES string of the molecule is CCNC(c1ccc(OCC)cc1)c1cc(Br)ccc1F. The molecule has 0 saturated heterocycles. The molecule has 112 valence electrons. The predicted octanol–water partition coefficient (Wildman–Crippen LogP) is 4.69. The van der Waals surface area contributed by atoms with Crippen molar-refractivity contribution in [3.63, 3.8) is 0 Å². The molecular formula is C17H19BrFNO. The molecular weight excluding hydrogens is 333 g/mol. The lowest BCUT2D eigenvalue weighted by Crippen LogP contribution is -2.23. The highest BCUT2D eigenvalue weighted by Crippen LogP contribution is 2.28. The average Bonchev–Trinajstić information content (AvgIpc) is 2.49. The molecule has 2 aromatic carbocycles. The molecule has 1 unspecified atom stereocenters. The summed E-state index contributed by atoms with van der Waals surface area (Å²) in [6.45, 7) is 5.35. The summed E-state index contributed by atoms with van der Waals surface area (Å²) in [6, 6.07) is 12.6. The minimum atomic E-state index is -0.210. The Labute approximate surface area is 133 Å². The second-order valence-electron chi connectivity index (χ2n) is 4.66. The van der Waals surface area contributed by atoms with E-state index < -0.39 is 0 Å². The lowest BCUT2D eigenvalue weighted by molar-refractivity contribution is 0.340. The fraction of sp³-hybridized carbons (Fsp3) is 0.294. The van der Waals surface area contributed by atoms with E-state index >= 15 is 0 Å². The van der Waals surface area contributed by atoms with Crippen LogP contribution in [0, 0.1) is 5.82 Å². The second kappa shape index (κ2) is 7.57. The minimum absolute atomic E-state index is 0.178. The van der Waals surface area contributed by atoms with Crippen molar-refractivity contribution in [3.8, 4) is 5.75 Å². The van der Waals surface area contributed by atoms with E-state index in [4.69, 9.17) is 4.74 Å². The highest BCUT2D eigenvalue weighted by Gasteiger charge is 2.17. The standard InChI is InChI=1S/C17H19BrFNO/c1-3-20-17(15-11-13(18)7-10-16(15)19)12-5-8-14(9-6-12)21-4-2/h5-11,17,20H,3-4H2,1-2H3. The Hall–Kier alpha value is -1.39. The molecule has 0 radical (unpaired) electrons. The van der Waals surface area contributed by atoms with E-state index in [9.17, 15) is 4.39 Å². The van der Waals surface area contributed by atoms with Crippen LogP contribution in [0.25, 0.3) is 0 Å². The first-order valence-corrected chi connectivity index (χ1v) is 7.86. The summed E-state index contributed by atoms with van der Waals surface area (Å²) >= 11 is 3.41. The van der Waals surface area contributed by atoms with E-state index in [0.717, 1.165) is 22.3 Å². The number of hydrogen-bond acceptors (Lipinski definition) is 2. The van der Waals surface area contributed by atoms with Gasteiger partial charge in [-0.2, -0.15) is 0 Å². The Kier molecular flexibility index (Phi) is 5.76. The zero-order valence-electron chi connectivity index (χ0n) is 12.2. The fourth-order valence-electron chi connectivity index (χ4n) is 2.27. The van der Waals surface area contributed by atoms with Crippen LogP contribution in [0.4, 0.5) is 4.39 Å². The van der Waals surface area contributed by atoms with E-state index in [0.29, 0.717) is 12.2 Å². The molecule has 2 aromatic rings. The van der Waals surface area contributed by atoms with Gasteiger partial charge in [0.15, 0.2) is 0 Å². The normalized spacial score (nSPS) is 12.2. The molecule has 0 aromatic heterocycles. The highest BCUT2D eigenvalue weighted by molar-refractivity contribution is 9.10. The molecule has 0 bridgehead atoms. The van der Waals surface area contributed by atoms with Gasteiger partial charge in [-0.3, -0.25) is 0 Å². The minimum Gasteiger partial charge on any atom is -0.494 e. The smallest absolute Gasteiger partial charge is 0.128 e. The number of hydrogen-bond donors (Lipinski definition) is 1. The third kappa shape index (κ3) is 4.05. The Morgan fingerprint density at radius 1 is 1.14 bits per heavy atom. The summed E-state index contributed by atoms with van der Waals surface area (Å²) in [5.41, 5.74) is 1.65. The van der Waals surface area contributed by atoms with Gasteiger partial charge >= 0.3 is 0 Å². The maximum absolute atomic E-state index is 14.1. The molecule has 0 fully saturated rings. The van der Waals surface area contributed by atoms with Crippen LogP contribution in [0.5, 0.6) is 5.75 Å². The number of nitrogens with one attached hydrogen (secondary N) is 1. The summed E-state index contributed by atoms with van der Waals surface area (Å²) in [6.07, 6.45) is 0. The van der Waals surface area contributed by atoms with Crippen molar-refractivity contribution in [1.82, 2.24) is 5.32 Å². The molecule has 0 aliphatic rings. The molecule has 0 spiro atoms. The monoisotopic (exact) mass is 351 g/mol. The van der Waals surface area contributed by atoms with Crippen LogP contribution in [0.2, 0.25) is 0 Å².